The molecule has 4 nitrogen and oxygen atoms in total. The van der Waals surface area contributed by atoms with Crippen molar-refractivity contribution in [3.8, 4) is 0 Å². The van der Waals surface area contributed by atoms with Crippen LogP contribution in [0.5, 0.6) is 0 Å². The summed E-state index contributed by atoms with van der Waals surface area (Å²) in [7, 11) is 0. The van der Waals surface area contributed by atoms with Gasteiger partial charge in [0.25, 0.3) is 0 Å². The van der Waals surface area contributed by atoms with Gasteiger partial charge in [-0.25, -0.2) is 0 Å². The van der Waals surface area contributed by atoms with Crippen molar-refractivity contribution in [3.63, 3.8) is 0 Å². The fraction of sp³-hybridized carbons (Fsp3) is 1.00. The van der Waals surface area contributed by atoms with E-state index in [1.807, 2.05) is 0 Å². The van der Waals surface area contributed by atoms with Crippen molar-refractivity contribution in [1.29, 1.82) is 0 Å². The Morgan fingerprint density at radius 3 is 2.00 bits per heavy atom. The van der Waals surface area contributed by atoms with Crippen molar-refractivity contribution in [1.82, 2.24) is 10.2 Å². The van der Waals surface area contributed by atoms with Gasteiger partial charge in [0.1, 0.15) is 0 Å². The van der Waals surface area contributed by atoms with Crippen LogP contribution in [-0.2, 0) is 0 Å². The molecule has 0 aromatic carbocycles. The Balaban J connectivity index is 2.83. The molecule has 1 fully saturated rings. The molecule has 0 amide bonds. The maximum absolute atomic E-state index is 6.21. The summed E-state index contributed by atoms with van der Waals surface area (Å²) in [6, 6.07) is 0.553. The first-order valence-electron chi connectivity index (χ1n) is 7.46. The van der Waals surface area contributed by atoms with E-state index in [4.69, 9.17) is 11.5 Å². The molecular weight excluding hydrogens is 236 g/mol. The van der Waals surface area contributed by atoms with Gasteiger partial charge < -0.3 is 16.8 Å². The molecule has 1 heterocycles. The smallest absolute Gasteiger partial charge is 0.0226 e. The highest BCUT2D eigenvalue weighted by Crippen LogP contribution is 2.31. The Labute approximate surface area is 119 Å². The predicted molar refractivity (Wildman–Crippen MR) is 83.2 cm³/mol. The summed E-state index contributed by atoms with van der Waals surface area (Å²) in [6.45, 7) is 15.9. The molecule has 1 aliphatic heterocycles. The van der Waals surface area contributed by atoms with Crippen LogP contribution in [0.15, 0.2) is 0 Å². The molecule has 0 aromatic rings. The third-order valence-electron chi connectivity index (χ3n) is 3.71. The predicted octanol–water partition coefficient (Wildman–Crippen LogP) is 1.29. The second kappa shape index (κ2) is 5.68. The molecule has 0 spiro atoms. The summed E-state index contributed by atoms with van der Waals surface area (Å²) in [4.78, 5) is 2.49. The molecule has 0 atom stereocenters. The van der Waals surface area contributed by atoms with Crippen molar-refractivity contribution in [2.75, 3.05) is 19.6 Å². The monoisotopic (exact) mass is 270 g/mol. The van der Waals surface area contributed by atoms with Gasteiger partial charge in [-0.3, -0.25) is 4.90 Å². The molecule has 0 saturated carbocycles. The molecule has 19 heavy (non-hydrogen) atoms. The highest BCUT2D eigenvalue weighted by atomic mass is 15.2. The number of nitrogens with two attached hydrogens (primary N) is 2. The van der Waals surface area contributed by atoms with Gasteiger partial charge in [-0.05, 0) is 54.4 Å². The first-order chi connectivity index (χ1) is 8.44. The minimum atomic E-state index is -0.172. The van der Waals surface area contributed by atoms with Gasteiger partial charge in [0.05, 0.1) is 0 Å². The highest BCUT2D eigenvalue weighted by molar-refractivity contribution is 5.01. The van der Waals surface area contributed by atoms with Gasteiger partial charge >= 0.3 is 0 Å². The van der Waals surface area contributed by atoms with Crippen LogP contribution in [0.2, 0.25) is 0 Å². The van der Waals surface area contributed by atoms with Crippen molar-refractivity contribution < 1.29 is 0 Å². The maximum atomic E-state index is 6.21. The summed E-state index contributed by atoms with van der Waals surface area (Å²) < 4.78 is 0. The van der Waals surface area contributed by atoms with Crippen LogP contribution in [0.3, 0.4) is 0 Å². The molecule has 1 saturated heterocycles. The molecule has 0 aromatic heterocycles. The van der Waals surface area contributed by atoms with Crippen molar-refractivity contribution in [2.45, 2.75) is 77.0 Å². The minimum Gasteiger partial charge on any atom is -0.329 e. The van der Waals surface area contributed by atoms with E-state index in [2.05, 4.69) is 51.8 Å². The molecule has 0 radical (unpaired) electrons. The third kappa shape index (κ3) is 5.78. The van der Waals surface area contributed by atoms with Crippen molar-refractivity contribution in [3.05, 3.63) is 0 Å². The molecule has 1 aliphatic rings. The van der Waals surface area contributed by atoms with Crippen molar-refractivity contribution in [2.24, 2.45) is 11.5 Å². The first-order valence-corrected chi connectivity index (χ1v) is 7.46. The summed E-state index contributed by atoms with van der Waals surface area (Å²) in [5, 5.41) is 3.73. The van der Waals surface area contributed by atoms with E-state index in [1.54, 1.807) is 0 Å². The number of hydrogen-bond acceptors (Lipinski definition) is 4. The Morgan fingerprint density at radius 2 is 1.63 bits per heavy atom. The van der Waals surface area contributed by atoms with Crippen LogP contribution < -0.4 is 16.8 Å². The largest absolute Gasteiger partial charge is 0.329 e. The van der Waals surface area contributed by atoms with E-state index >= 15 is 0 Å². The zero-order valence-electron chi connectivity index (χ0n) is 13.7. The maximum Gasteiger partial charge on any atom is 0.0226 e. The molecule has 1 rings (SSSR count). The Kier molecular flexibility index (Phi) is 5.05. The van der Waals surface area contributed by atoms with E-state index in [0.717, 1.165) is 25.9 Å². The number of nitrogens with zero attached hydrogens (tertiary/aromatic N) is 1. The number of piperidine rings is 1. The number of hydrogen-bond donors (Lipinski definition) is 3. The molecule has 0 aliphatic carbocycles. The highest BCUT2D eigenvalue weighted by Gasteiger charge is 2.40. The van der Waals surface area contributed by atoms with Gasteiger partial charge in [-0.1, -0.05) is 0 Å². The molecule has 4 heteroatoms. The SMILES string of the molecule is CC(C)(N)CN(CCN)C1CC(C)(C)NC(C)(C)C1. The van der Waals surface area contributed by atoms with Gasteiger partial charge in [-0.15, -0.1) is 0 Å². The molecule has 0 unspecified atom stereocenters. The lowest BCUT2D eigenvalue weighted by atomic mass is 9.78. The summed E-state index contributed by atoms with van der Waals surface area (Å²) in [6.07, 6.45) is 2.29. The van der Waals surface area contributed by atoms with Gasteiger partial charge in [0, 0.05) is 42.3 Å². The minimum absolute atomic E-state index is 0.165. The fourth-order valence-electron chi connectivity index (χ4n) is 3.61. The van der Waals surface area contributed by atoms with Gasteiger partial charge in [0.2, 0.25) is 0 Å². The second-order valence-corrected chi connectivity index (χ2v) is 8.20. The van der Waals surface area contributed by atoms with Crippen LogP contribution in [0, 0.1) is 0 Å². The van der Waals surface area contributed by atoms with Gasteiger partial charge in [0.15, 0.2) is 0 Å². The lowest BCUT2D eigenvalue weighted by Crippen LogP contribution is -2.63. The average molecular weight is 270 g/mol. The van der Waals surface area contributed by atoms with E-state index in [-0.39, 0.29) is 16.6 Å². The van der Waals surface area contributed by atoms with E-state index in [1.165, 1.54) is 0 Å². The zero-order chi connectivity index (χ0) is 14.9. The topological polar surface area (TPSA) is 67.3 Å². The molecule has 114 valence electrons. The van der Waals surface area contributed by atoms with E-state index < -0.39 is 0 Å². The third-order valence-corrected chi connectivity index (χ3v) is 3.71. The van der Waals surface area contributed by atoms with Crippen LogP contribution in [0.25, 0.3) is 0 Å². The Hall–Kier alpha value is -0.160. The standard InChI is InChI=1S/C15H34N4/c1-13(2,17)11-19(8-7-16)12-9-14(3,4)18-15(5,6)10-12/h12,18H,7-11,16-17H2,1-6H3. The lowest BCUT2D eigenvalue weighted by molar-refractivity contribution is 0.0572. The average Bonchev–Trinajstić information content (AvgIpc) is 2.09. The summed E-state index contributed by atoms with van der Waals surface area (Å²) in [5.74, 6) is 0. The van der Waals surface area contributed by atoms with Crippen LogP contribution in [-0.4, -0.2) is 47.2 Å². The molecular formula is C15H34N4. The first kappa shape index (κ1) is 16.9. The Morgan fingerprint density at radius 1 is 1.16 bits per heavy atom. The molecule has 5 N–H and O–H groups in total. The van der Waals surface area contributed by atoms with Crippen molar-refractivity contribution >= 4 is 0 Å². The normalized spacial score (nSPS) is 23.8. The number of rotatable bonds is 5. The molecule has 0 bridgehead atoms. The quantitative estimate of drug-likeness (QED) is 0.704. The summed E-state index contributed by atoms with van der Waals surface area (Å²) in [5.41, 5.74) is 12.2. The van der Waals surface area contributed by atoms with E-state index in [0.29, 0.717) is 12.6 Å². The second-order valence-electron chi connectivity index (χ2n) is 8.20. The Bertz CT molecular complexity index is 275. The zero-order valence-corrected chi connectivity index (χ0v) is 13.7. The van der Waals surface area contributed by atoms with Crippen LogP contribution in [0.1, 0.15) is 54.4 Å². The number of nitrogens with one attached hydrogen (secondary N) is 1. The van der Waals surface area contributed by atoms with Gasteiger partial charge in [-0.2, -0.15) is 0 Å². The van der Waals surface area contributed by atoms with Crippen LogP contribution in [0.4, 0.5) is 0 Å². The fourth-order valence-corrected chi connectivity index (χ4v) is 3.61. The lowest BCUT2D eigenvalue weighted by Gasteiger charge is -2.50. The van der Waals surface area contributed by atoms with Crippen LogP contribution >= 0.6 is 0 Å². The summed E-state index contributed by atoms with van der Waals surface area (Å²) >= 11 is 0. The van der Waals surface area contributed by atoms with E-state index in [9.17, 15) is 0 Å².